The van der Waals surface area contributed by atoms with Crippen molar-refractivity contribution in [3.05, 3.63) is 0 Å². The Morgan fingerprint density at radius 1 is 1.07 bits per heavy atom. The highest BCUT2D eigenvalue weighted by atomic mass is 16.5. The van der Waals surface area contributed by atoms with Gasteiger partial charge in [0.25, 0.3) is 0 Å². The molecule has 1 saturated carbocycles. The van der Waals surface area contributed by atoms with Crippen molar-refractivity contribution < 1.29 is 4.74 Å². The van der Waals surface area contributed by atoms with E-state index >= 15 is 0 Å². The third-order valence-electron chi connectivity index (χ3n) is 4.34. The van der Waals surface area contributed by atoms with Crippen LogP contribution in [-0.4, -0.2) is 19.8 Å². The first-order valence-electron chi connectivity index (χ1n) is 6.15. The van der Waals surface area contributed by atoms with Crippen LogP contribution in [0.25, 0.3) is 0 Å². The molecule has 0 aromatic rings. The molecule has 0 amide bonds. The second-order valence-electron chi connectivity index (χ2n) is 5.01. The van der Waals surface area contributed by atoms with Gasteiger partial charge in [0.05, 0.1) is 0 Å². The molecule has 2 fully saturated rings. The minimum Gasteiger partial charge on any atom is -0.381 e. The monoisotopic (exact) mass is 197 g/mol. The number of hydrogen-bond acceptors (Lipinski definition) is 2. The minimum absolute atomic E-state index is 0.488. The first-order valence-corrected chi connectivity index (χ1v) is 6.15. The van der Waals surface area contributed by atoms with Gasteiger partial charge in [0.2, 0.25) is 0 Å². The number of rotatable bonds is 2. The highest BCUT2D eigenvalue weighted by Gasteiger charge is 2.38. The molecule has 1 aliphatic carbocycles. The molecule has 2 N–H and O–H groups in total. The molecule has 14 heavy (non-hydrogen) atoms. The molecule has 0 radical (unpaired) electrons. The van der Waals surface area contributed by atoms with Crippen molar-refractivity contribution in [3.8, 4) is 0 Å². The fourth-order valence-corrected chi connectivity index (χ4v) is 3.34. The zero-order chi connectivity index (χ0) is 9.86. The van der Waals surface area contributed by atoms with Crippen LogP contribution in [-0.2, 0) is 4.74 Å². The summed E-state index contributed by atoms with van der Waals surface area (Å²) in [6, 6.07) is 0. The Labute approximate surface area is 87.2 Å². The number of hydrogen-bond donors (Lipinski definition) is 1. The van der Waals surface area contributed by atoms with Crippen LogP contribution in [0.3, 0.4) is 0 Å². The van der Waals surface area contributed by atoms with Gasteiger partial charge in [-0.2, -0.15) is 0 Å². The molecule has 0 aromatic heterocycles. The van der Waals surface area contributed by atoms with Gasteiger partial charge in [-0.25, -0.2) is 0 Å². The van der Waals surface area contributed by atoms with Gasteiger partial charge in [-0.1, -0.05) is 19.3 Å². The van der Waals surface area contributed by atoms with E-state index < -0.39 is 0 Å². The summed E-state index contributed by atoms with van der Waals surface area (Å²) in [7, 11) is 0. The standard InChI is InChI=1S/C12H23NO/c13-10-12(6-2-1-3-7-12)11-4-8-14-9-5-11/h11H,1-10,13H2. The van der Waals surface area contributed by atoms with E-state index in [1.165, 1.54) is 44.9 Å². The molecule has 0 bridgehead atoms. The molecule has 0 aromatic carbocycles. The molecule has 0 unspecified atom stereocenters. The summed E-state index contributed by atoms with van der Waals surface area (Å²) in [5, 5.41) is 0. The van der Waals surface area contributed by atoms with Gasteiger partial charge in [-0.05, 0) is 43.6 Å². The summed E-state index contributed by atoms with van der Waals surface area (Å²) < 4.78 is 5.44. The van der Waals surface area contributed by atoms with Crippen molar-refractivity contribution in [1.29, 1.82) is 0 Å². The van der Waals surface area contributed by atoms with Crippen molar-refractivity contribution in [2.75, 3.05) is 19.8 Å². The van der Waals surface area contributed by atoms with Gasteiger partial charge in [-0.15, -0.1) is 0 Å². The largest absolute Gasteiger partial charge is 0.381 e. The fourth-order valence-electron chi connectivity index (χ4n) is 3.34. The normalized spacial score (nSPS) is 28.9. The lowest BCUT2D eigenvalue weighted by atomic mass is 9.63. The van der Waals surface area contributed by atoms with Gasteiger partial charge in [0, 0.05) is 13.2 Å². The maximum atomic E-state index is 6.03. The second kappa shape index (κ2) is 4.63. The molecule has 2 aliphatic rings. The molecule has 1 aliphatic heterocycles. The summed E-state index contributed by atoms with van der Waals surface area (Å²) in [6.45, 7) is 2.83. The van der Waals surface area contributed by atoms with Crippen LogP contribution in [0.1, 0.15) is 44.9 Å². The lowest BCUT2D eigenvalue weighted by Gasteiger charge is -2.44. The first-order chi connectivity index (χ1) is 6.87. The third-order valence-corrected chi connectivity index (χ3v) is 4.34. The fraction of sp³-hybridized carbons (Fsp3) is 1.00. The predicted molar refractivity (Wildman–Crippen MR) is 58.1 cm³/mol. The van der Waals surface area contributed by atoms with Crippen LogP contribution in [0, 0.1) is 11.3 Å². The Kier molecular flexibility index (Phi) is 3.45. The Bertz CT molecular complexity index is 169. The van der Waals surface area contributed by atoms with Crippen molar-refractivity contribution in [2.24, 2.45) is 17.1 Å². The topological polar surface area (TPSA) is 35.2 Å². The lowest BCUT2D eigenvalue weighted by Crippen LogP contribution is -2.42. The summed E-state index contributed by atoms with van der Waals surface area (Å²) in [4.78, 5) is 0. The molecule has 0 atom stereocenters. The Balaban J connectivity index is 2.01. The average molecular weight is 197 g/mol. The van der Waals surface area contributed by atoms with E-state index in [9.17, 15) is 0 Å². The van der Waals surface area contributed by atoms with Gasteiger partial charge < -0.3 is 10.5 Å². The van der Waals surface area contributed by atoms with Gasteiger partial charge >= 0.3 is 0 Å². The van der Waals surface area contributed by atoms with Crippen molar-refractivity contribution in [1.82, 2.24) is 0 Å². The maximum absolute atomic E-state index is 6.03. The Morgan fingerprint density at radius 3 is 2.29 bits per heavy atom. The summed E-state index contributed by atoms with van der Waals surface area (Å²) in [5.74, 6) is 0.849. The van der Waals surface area contributed by atoms with E-state index in [1.54, 1.807) is 0 Å². The SMILES string of the molecule is NCC1(C2CCOCC2)CCCCC1. The van der Waals surface area contributed by atoms with E-state index in [1.807, 2.05) is 0 Å². The van der Waals surface area contributed by atoms with Crippen LogP contribution in [0.2, 0.25) is 0 Å². The molecule has 1 saturated heterocycles. The van der Waals surface area contributed by atoms with Crippen molar-refractivity contribution in [3.63, 3.8) is 0 Å². The predicted octanol–water partition coefficient (Wildman–Crippen LogP) is 2.32. The van der Waals surface area contributed by atoms with Crippen LogP contribution >= 0.6 is 0 Å². The number of ether oxygens (including phenoxy) is 1. The quantitative estimate of drug-likeness (QED) is 0.737. The van der Waals surface area contributed by atoms with E-state index in [0.717, 1.165) is 25.7 Å². The van der Waals surface area contributed by atoms with Crippen molar-refractivity contribution in [2.45, 2.75) is 44.9 Å². The zero-order valence-electron chi connectivity index (χ0n) is 9.13. The Morgan fingerprint density at radius 2 is 1.71 bits per heavy atom. The Hall–Kier alpha value is -0.0800. The van der Waals surface area contributed by atoms with Gasteiger partial charge in [-0.3, -0.25) is 0 Å². The first kappa shape index (κ1) is 10.4. The molecule has 0 spiro atoms. The maximum Gasteiger partial charge on any atom is 0.0468 e. The second-order valence-corrected chi connectivity index (χ2v) is 5.01. The van der Waals surface area contributed by atoms with Gasteiger partial charge in [0.15, 0.2) is 0 Å². The van der Waals surface area contributed by atoms with Crippen LogP contribution in [0.15, 0.2) is 0 Å². The lowest BCUT2D eigenvalue weighted by molar-refractivity contribution is -0.00388. The third kappa shape index (κ3) is 1.96. The van der Waals surface area contributed by atoms with Crippen LogP contribution in [0.4, 0.5) is 0 Å². The minimum atomic E-state index is 0.488. The van der Waals surface area contributed by atoms with E-state index in [-0.39, 0.29) is 0 Å². The average Bonchev–Trinajstić information content (AvgIpc) is 2.31. The van der Waals surface area contributed by atoms with Crippen molar-refractivity contribution >= 4 is 0 Å². The smallest absolute Gasteiger partial charge is 0.0468 e. The molecule has 2 nitrogen and oxygen atoms in total. The highest BCUT2D eigenvalue weighted by Crippen LogP contribution is 2.45. The van der Waals surface area contributed by atoms with E-state index in [2.05, 4.69) is 0 Å². The zero-order valence-corrected chi connectivity index (χ0v) is 9.13. The van der Waals surface area contributed by atoms with E-state index in [0.29, 0.717) is 5.41 Å². The molecule has 1 heterocycles. The molecular formula is C12H23NO. The highest BCUT2D eigenvalue weighted by molar-refractivity contribution is 4.90. The molecular weight excluding hydrogens is 174 g/mol. The molecule has 82 valence electrons. The summed E-state index contributed by atoms with van der Waals surface area (Å²) in [6.07, 6.45) is 9.45. The van der Waals surface area contributed by atoms with Gasteiger partial charge in [0.1, 0.15) is 0 Å². The molecule has 2 heteroatoms. The molecule has 2 rings (SSSR count). The van der Waals surface area contributed by atoms with Crippen LogP contribution in [0.5, 0.6) is 0 Å². The van der Waals surface area contributed by atoms with Crippen LogP contribution < -0.4 is 5.73 Å². The number of nitrogens with two attached hydrogens (primary N) is 1. The summed E-state index contributed by atoms with van der Waals surface area (Å²) >= 11 is 0. The summed E-state index contributed by atoms with van der Waals surface area (Å²) in [5.41, 5.74) is 6.52. The van der Waals surface area contributed by atoms with E-state index in [4.69, 9.17) is 10.5 Å².